The molecule has 20 heavy (non-hydrogen) atoms. The van der Waals surface area contributed by atoms with E-state index in [0.29, 0.717) is 22.3 Å². The van der Waals surface area contributed by atoms with Gasteiger partial charge in [0.25, 0.3) is 0 Å². The zero-order valence-corrected chi connectivity index (χ0v) is 11.2. The van der Waals surface area contributed by atoms with Crippen molar-refractivity contribution in [3.8, 4) is 0 Å². The Hall–Kier alpha value is -1.91. The van der Waals surface area contributed by atoms with Crippen molar-refractivity contribution in [3.05, 3.63) is 70.8 Å². The number of carbonyl (C=O) groups excluding carboxylic acids is 2. The number of hydrogen-bond acceptors (Lipinski definition) is 5. The average Bonchev–Trinajstić information content (AvgIpc) is 2.44. The van der Waals surface area contributed by atoms with Crippen molar-refractivity contribution in [2.24, 2.45) is 5.50 Å². The lowest BCUT2D eigenvalue weighted by Crippen LogP contribution is -2.20. The van der Waals surface area contributed by atoms with Gasteiger partial charge in [-0.05, 0) is 0 Å². The number of nitrogens with two attached hydrogens (primary N) is 1. The molecule has 5 nitrogen and oxygen atoms in total. The van der Waals surface area contributed by atoms with E-state index < -0.39 is 8.53 Å². The normalized spacial score (nSPS) is 12.4. The van der Waals surface area contributed by atoms with E-state index in [0.717, 1.165) is 0 Å². The molecule has 0 unspecified atom stereocenters. The van der Waals surface area contributed by atoms with Crippen molar-refractivity contribution in [3.63, 3.8) is 0 Å². The van der Waals surface area contributed by atoms with Gasteiger partial charge in [0.1, 0.15) is 0 Å². The van der Waals surface area contributed by atoms with Crippen LogP contribution in [0.3, 0.4) is 0 Å². The van der Waals surface area contributed by atoms with Gasteiger partial charge in [-0.25, -0.2) is 8.53 Å². The zero-order chi connectivity index (χ0) is 14.7. The average molecular weight is 287 g/mol. The van der Waals surface area contributed by atoms with E-state index in [1.165, 1.54) is 0 Å². The fraction of sp³-hybridized carbons (Fsp3) is 0. The molecule has 0 fully saturated rings. The molecule has 0 saturated heterocycles. The molecule has 2 aromatic carbocycles. The highest BCUT2D eigenvalue weighted by atomic mass is 31.2. The molecule has 0 heterocycles. The van der Waals surface area contributed by atoms with Crippen LogP contribution in [0.5, 0.6) is 0 Å². The summed E-state index contributed by atoms with van der Waals surface area (Å²) in [6, 6.07) is 13.9. The maximum Gasteiger partial charge on any atom is 0.194 e. The van der Waals surface area contributed by atoms with Gasteiger partial charge in [-0.2, -0.15) is 0 Å². The Kier molecular flexibility index (Phi) is 4.37. The number of rotatable bonds is 0. The Labute approximate surface area is 116 Å². The van der Waals surface area contributed by atoms with E-state index in [1.54, 1.807) is 48.5 Å². The summed E-state index contributed by atoms with van der Waals surface area (Å²) in [5.41, 5.74) is 6.09. The van der Waals surface area contributed by atoms with E-state index >= 15 is 0 Å². The minimum absolute atomic E-state index is 0.0641. The topological polar surface area (TPSA) is 106 Å². The number of hydrogen-bond donors (Lipinski definition) is 1. The van der Waals surface area contributed by atoms with E-state index in [4.69, 9.17) is 9.79 Å². The van der Waals surface area contributed by atoms with E-state index in [2.05, 4.69) is 5.50 Å². The lowest BCUT2D eigenvalue weighted by Gasteiger charge is -2.22. The third kappa shape index (κ3) is 2.81. The SMILES string of the molecule is NP([O-])[O-].O=C1c2ccccc2C(=O)c2ccccc21. The lowest BCUT2D eigenvalue weighted by molar-refractivity contribution is -0.292. The van der Waals surface area contributed by atoms with Crippen LogP contribution in [-0.4, -0.2) is 11.6 Å². The van der Waals surface area contributed by atoms with Crippen LogP contribution in [0.4, 0.5) is 0 Å². The van der Waals surface area contributed by atoms with Gasteiger partial charge in [-0.1, -0.05) is 48.5 Å². The molecule has 102 valence electrons. The highest BCUT2D eigenvalue weighted by Gasteiger charge is 2.28. The highest BCUT2D eigenvalue weighted by molar-refractivity contribution is 7.39. The van der Waals surface area contributed by atoms with E-state index in [1.807, 2.05) is 0 Å². The molecule has 0 aromatic heterocycles. The fourth-order valence-corrected chi connectivity index (χ4v) is 2.05. The van der Waals surface area contributed by atoms with Crippen LogP contribution < -0.4 is 15.3 Å². The minimum Gasteiger partial charge on any atom is -0.830 e. The molecule has 0 atom stereocenters. The molecule has 1 aliphatic carbocycles. The highest BCUT2D eigenvalue weighted by Crippen LogP contribution is 2.26. The van der Waals surface area contributed by atoms with Gasteiger partial charge >= 0.3 is 0 Å². The third-order valence-electron chi connectivity index (χ3n) is 2.83. The van der Waals surface area contributed by atoms with Crippen molar-refractivity contribution < 1.29 is 19.4 Å². The minimum atomic E-state index is -2.62. The molecule has 0 aliphatic heterocycles. The first-order chi connectivity index (χ1) is 9.52. The van der Waals surface area contributed by atoms with Gasteiger partial charge in [0.2, 0.25) is 0 Å². The van der Waals surface area contributed by atoms with Gasteiger partial charge in [0.05, 0.1) is 0 Å². The maximum absolute atomic E-state index is 12.1. The van der Waals surface area contributed by atoms with Crippen molar-refractivity contribution in [1.82, 2.24) is 0 Å². The fourth-order valence-electron chi connectivity index (χ4n) is 2.05. The quantitative estimate of drug-likeness (QED) is 0.601. The van der Waals surface area contributed by atoms with Gasteiger partial charge in [-0.15, -0.1) is 0 Å². The maximum atomic E-state index is 12.1. The summed E-state index contributed by atoms with van der Waals surface area (Å²) < 4.78 is 0. The predicted molar refractivity (Wildman–Crippen MR) is 70.9 cm³/mol. The van der Waals surface area contributed by atoms with Crippen molar-refractivity contribution in [1.29, 1.82) is 0 Å². The van der Waals surface area contributed by atoms with Gasteiger partial charge < -0.3 is 15.3 Å². The zero-order valence-electron chi connectivity index (χ0n) is 10.3. The lowest BCUT2D eigenvalue weighted by atomic mass is 9.84. The van der Waals surface area contributed by atoms with Crippen LogP contribution in [0.2, 0.25) is 0 Å². The van der Waals surface area contributed by atoms with E-state index in [-0.39, 0.29) is 11.6 Å². The van der Waals surface area contributed by atoms with Crippen LogP contribution in [0, 0.1) is 0 Å². The number of ketones is 2. The molecular formula is C14H10NO4P-2. The standard InChI is InChI=1S/C14H8O2.H2NO2P/c15-13-9-5-1-2-6-10(9)14(16)12-8-4-3-7-11(12)13;1-4(2)3/h1-8H;1H2/q;-2. The monoisotopic (exact) mass is 287 g/mol. The number of benzene rings is 2. The summed E-state index contributed by atoms with van der Waals surface area (Å²) in [4.78, 5) is 41.8. The van der Waals surface area contributed by atoms with Crippen LogP contribution >= 0.6 is 8.53 Å². The molecule has 1 aliphatic rings. The van der Waals surface area contributed by atoms with Gasteiger partial charge in [0, 0.05) is 22.3 Å². The largest absolute Gasteiger partial charge is 0.830 e. The Morgan fingerprint density at radius 1 is 0.700 bits per heavy atom. The molecule has 0 saturated carbocycles. The molecule has 3 rings (SSSR count). The summed E-state index contributed by atoms with van der Waals surface area (Å²) >= 11 is 0. The second-order valence-electron chi connectivity index (χ2n) is 4.03. The van der Waals surface area contributed by atoms with Crippen LogP contribution in [-0.2, 0) is 0 Å². The molecule has 0 radical (unpaired) electrons. The summed E-state index contributed by atoms with van der Waals surface area (Å²) in [5, 5.41) is 0. The molecule has 0 amide bonds. The van der Waals surface area contributed by atoms with Crippen molar-refractivity contribution in [2.45, 2.75) is 0 Å². The molecular weight excluding hydrogens is 277 g/mol. The summed E-state index contributed by atoms with van der Waals surface area (Å²) in [7, 11) is -2.62. The Balaban J connectivity index is 0.000000328. The van der Waals surface area contributed by atoms with Crippen LogP contribution in [0.1, 0.15) is 31.8 Å². The first-order valence-electron chi connectivity index (χ1n) is 5.69. The third-order valence-corrected chi connectivity index (χ3v) is 2.83. The van der Waals surface area contributed by atoms with Crippen LogP contribution in [0.25, 0.3) is 0 Å². The number of fused-ring (bicyclic) bond motifs is 2. The smallest absolute Gasteiger partial charge is 0.194 e. The Bertz CT molecular complexity index is 561. The van der Waals surface area contributed by atoms with Crippen molar-refractivity contribution in [2.75, 3.05) is 0 Å². The summed E-state index contributed by atoms with van der Waals surface area (Å²) in [6.45, 7) is 0. The van der Waals surface area contributed by atoms with Crippen LogP contribution in [0.15, 0.2) is 48.5 Å². The van der Waals surface area contributed by atoms with Gasteiger partial charge in [-0.3, -0.25) is 9.59 Å². The summed E-state index contributed by atoms with van der Waals surface area (Å²) in [5.74, 6) is -0.128. The first kappa shape index (κ1) is 14.5. The molecule has 0 spiro atoms. The molecule has 6 heteroatoms. The Morgan fingerprint density at radius 2 is 0.900 bits per heavy atom. The molecule has 2 aromatic rings. The van der Waals surface area contributed by atoms with Gasteiger partial charge in [0.15, 0.2) is 11.6 Å². The summed E-state index contributed by atoms with van der Waals surface area (Å²) in [6.07, 6.45) is 0. The predicted octanol–water partition coefficient (Wildman–Crippen LogP) is 0.355. The second-order valence-corrected chi connectivity index (χ2v) is 4.61. The second kappa shape index (κ2) is 6.03. The Morgan fingerprint density at radius 3 is 1.10 bits per heavy atom. The molecule has 0 bridgehead atoms. The van der Waals surface area contributed by atoms with E-state index in [9.17, 15) is 9.59 Å². The first-order valence-corrected chi connectivity index (χ1v) is 6.93. The number of carbonyl (C=O) groups is 2. The molecule has 2 N–H and O–H groups in total. The van der Waals surface area contributed by atoms with Crippen molar-refractivity contribution >= 4 is 20.1 Å².